The third-order valence-corrected chi connectivity index (χ3v) is 6.10. The lowest BCUT2D eigenvalue weighted by Crippen LogP contribution is -2.42. The zero-order valence-corrected chi connectivity index (χ0v) is 14.9. The van der Waals surface area contributed by atoms with Gasteiger partial charge in [-0.05, 0) is 63.1 Å². The van der Waals surface area contributed by atoms with E-state index in [2.05, 4.69) is 58.5 Å². The summed E-state index contributed by atoms with van der Waals surface area (Å²) in [5.41, 5.74) is 0.900. The van der Waals surface area contributed by atoms with Crippen LogP contribution < -0.4 is 0 Å². The maximum Gasteiger partial charge on any atom is 0.0144 e. The lowest BCUT2D eigenvalue weighted by molar-refractivity contribution is 0.0934. The molecule has 2 heteroatoms. The van der Waals surface area contributed by atoms with E-state index in [0.717, 1.165) is 18.0 Å². The first-order valence-corrected chi connectivity index (χ1v) is 8.52. The first kappa shape index (κ1) is 16.3. The Balaban J connectivity index is 1.96. The highest BCUT2D eigenvalue weighted by Gasteiger charge is 2.42. The fourth-order valence-corrected chi connectivity index (χ4v) is 4.65. The van der Waals surface area contributed by atoms with E-state index in [4.69, 9.17) is 0 Å². The average molecular weight is 280 g/mol. The van der Waals surface area contributed by atoms with Crippen LogP contribution in [0, 0.1) is 16.7 Å². The van der Waals surface area contributed by atoms with Crippen LogP contribution >= 0.6 is 0 Å². The Hall–Kier alpha value is -0.0800. The monoisotopic (exact) mass is 280 g/mol. The van der Waals surface area contributed by atoms with Gasteiger partial charge in [0.25, 0.3) is 0 Å². The van der Waals surface area contributed by atoms with Crippen molar-refractivity contribution in [2.24, 2.45) is 16.7 Å². The molecular formula is C18H36N2. The summed E-state index contributed by atoms with van der Waals surface area (Å²) in [5.74, 6) is 0.884. The SMILES string of the molecule is CN1CCC(C(C)(C)CC2CCC(C(C)(C)C)N2C)C1. The zero-order valence-electron chi connectivity index (χ0n) is 14.9. The molecule has 0 saturated carbocycles. The molecule has 3 atom stereocenters. The van der Waals surface area contributed by atoms with Gasteiger partial charge < -0.3 is 4.90 Å². The van der Waals surface area contributed by atoms with Gasteiger partial charge in [0.15, 0.2) is 0 Å². The van der Waals surface area contributed by atoms with Crippen LogP contribution in [0.3, 0.4) is 0 Å². The lowest BCUT2D eigenvalue weighted by Gasteiger charge is -2.39. The summed E-state index contributed by atoms with van der Waals surface area (Å²) in [6, 6.07) is 1.55. The molecule has 2 nitrogen and oxygen atoms in total. The summed E-state index contributed by atoms with van der Waals surface area (Å²) < 4.78 is 0. The molecule has 0 aromatic rings. The molecule has 0 N–H and O–H groups in total. The second kappa shape index (κ2) is 5.61. The van der Waals surface area contributed by atoms with Gasteiger partial charge in [0, 0.05) is 18.6 Å². The topological polar surface area (TPSA) is 6.48 Å². The quantitative estimate of drug-likeness (QED) is 0.774. The molecule has 2 aliphatic rings. The summed E-state index contributed by atoms with van der Waals surface area (Å²) in [6.07, 6.45) is 5.53. The van der Waals surface area contributed by atoms with Crippen molar-refractivity contribution in [1.29, 1.82) is 0 Å². The van der Waals surface area contributed by atoms with Crippen molar-refractivity contribution in [2.75, 3.05) is 27.2 Å². The minimum atomic E-state index is 0.418. The molecule has 118 valence electrons. The standard InChI is InChI=1S/C18H36N2/c1-17(2,3)16-9-8-15(20(16)7)12-18(4,5)14-10-11-19(6)13-14/h14-16H,8-13H2,1-7H3. The Morgan fingerprint density at radius 3 is 2.05 bits per heavy atom. The van der Waals surface area contributed by atoms with Gasteiger partial charge in [-0.2, -0.15) is 0 Å². The Kier molecular flexibility index (Phi) is 4.57. The van der Waals surface area contributed by atoms with E-state index in [1.165, 1.54) is 38.8 Å². The predicted molar refractivity (Wildman–Crippen MR) is 88.0 cm³/mol. The van der Waals surface area contributed by atoms with Gasteiger partial charge in [-0.3, -0.25) is 4.90 Å². The zero-order chi connectivity index (χ0) is 15.1. The largest absolute Gasteiger partial charge is 0.306 e. The number of rotatable bonds is 3. The number of hydrogen-bond acceptors (Lipinski definition) is 2. The van der Waals surface area contributed by atoms with Crippen LogP contribution in [0.15, 0.2) is 0 Å². The highest BCUT2D eigenvalue weighted by molar-refractivity contribution is 4.96. The number of nitrogens with zero attached hydrogens (tertiary/aromatic N) is 2. The Morgan fingerprint density at radius 2 is 1.60 bits per heavy atom. The minimum absolute atomic E-state index is 0.418. The van der Waals surface area contributed by atoms with Gasteiger partial charge in [0.05, 0.1) is 0 Å². The lowest BCUT2D eigenvalue weighted by atomic mass is 9.73. The first-order chi connectivity index (χ1) is 9.11. The Bertz CT molecular complexity index is 329. The van der Waals surface area contributed by atoms with E-state index in [0.29, 0.717) is 10.8 Å². The van der Waals surface area contributed by atoms with Gasteiger partial charge >= 0.3 is 0 Å². The summed E-state index contributed by atoms with van der Waals surface area (Å²) >= 11 is 0. The van der Waals surface area contributed by atoms with Crippen molar-refractivity contribution in [3.8, 4) is 0 Å². The number of hydrogen-bond donors (Lipinski definition) is 0. The molecule has 3 unspecified atom stereocenters. The summed E-state index contributed by atoms with van der Waals surface area (Å²) in [4.78, 5) is 5.20. The van der Waals surface area contributed by atoms with E-state index in [1.54, 1.807) is 0 Å². The molecule has 0 aromatic heterocycles. The Morgan fingerprint density at radius 1 is 0.950 bits per heavy atom. The van der Waals surface area contributed by atoms with E-state index >= 15 is 0 Å². The number of likely N-dealkylation sites (tertiary alicyclic amines) is 2. The van der Waals surface area contributed by atoms with E-state index in [9.17, 15) is 0 Å². The normalized spacial score (nSPS) is 34.0. The van der Waals surface area contributed by atoms with Crippen molar-refractivity contribution in [2.45, 2.75) is 72.4 Å². The molecule has 2 saturated heterocycles. The van der Waals surface area contributed by atoms with Gasteiger partial charge in [-0.15, -0.1) is 0 Å². The fourth-order valence-electron chi connectivity index (χ4n) is 4.65. The molecule has 2 fully saturated rings. The van der Waals surface area contributed by atoms with E-state index in [-0.39, 0.29) is 0 Å². The van der Waals surface area contributed by atoms with Gasteiger partial charge in [0.2, 0.25) is 0 Å². The second-order valence-corrected chi connectivity index (χ2v) is 9.22. The van der Waals surface area contributed by atoms with Crippen molar-refractivity contribution >= 4 is 0 Å². The van der Waals surface area contributed by atoms with Crippen LogP contribution in [-0.4, -0.2) is 49.1 Å². The minimum Gasteiger partial charge on any atom is -0.306 e. The van der Waals surface area contributed by atoms with Gasteiger partial charge in [0.1, 0.15) is 0 Å². The maximum atomic E-state index is 2.69. The van der Waals surface area contributed by atoms with Crippen molar-refractivity contribution < 1.29 is 0 Å². The molecule has 2 rings (SSSR count). The maximum absolute atomic E-state index is 2.69. The highest BCUT2D eigenvalue weighted by atomic mass is 15.2. The summed E-state index contributed by atoms with van der Waals surface area (Å²) in [5, 5.41) is 0. The molecule has 0 bridgehead atoms. The molecular weight excluding hydrogens is 244 g/mol. The van der Waals surface area contributed by atoms with Crippen LogP contribution in [0.25, 0.3) is 0 Å². The molecule has 0 spiro atoms. The van der Waals surface area contributed by atoms with Crippen molar-refractivity contribution in [3.63, 3.8) is 0 Å². The molecule has 20 heavy (non-hydrogen) atoms. The molecule has 2 aliphatic heterocycles. The van der Waals surface area contributed by atoms with Gasteiger partial charge in [-0.1, -0.05) is 34.6 Å². The van der Waals surface area contributed by atoms with Crippen LogP contribution in [0.5, 0.6) is 0 Å². The van der Waals surface area contributed by atoms with E-state index in [1.807, 2.05) is 0 Å². The van der Waals surface area contributed by atoms with Crippen LogP contribution in [0.4, 0.5) is 0 Å². The molecule has 0 amide bonds. The first-order valence-electron chi connectivity index (χ1n) is 8.52. The third-order valence-electron chi connectivity index (χ3n) is 6.10. The van der Waals surface area contributed by atoms with Crippen molar-refractivity contribution in [3.05, 3.63) is 0 Å². The Labute approximate surface area is 126 Å². The predicted octanol–water partition coefficient (Wildman–Crippen LogP) is 3.86. The second-order valence-electron chi connectivity index (χ2n) is 9.22. The molecule has 0 aromatic carbocycles. The van der Waals surface area contributed by atoms with Crippen LogP contribution in [0.1, 0.15) is 60.3 Å². The van der Waals surface area contributed by atoms with E-state index < -0.39 is 0 Å². The van der Waals surface area contributed by atoms with Gasteiger partial charge in [-0.25, -0.2) is 0 Å². The summed E-state index contributed by atoms with van der Waals surface area (Å²) in [6.45, 7) is 14.8. The fraction of sp³-hybridized carbons (Fsp3) is 1.00. The van der Waals surface area contributed by atoms with Crippen molar-refractivity contribution in [1.82, 2.24) is 9.80 Å². The molecule has 0 aliphatic carbocycles. The van der Waals surface area contributed by atoms with Crippen LogP contribution in [0.2, 0.25) is 0 Å². The van der Waals surface area contributed by atoms with Crippen LogP contribution in [-0.2, 0) is 0 Å². The summed E-state index contributed by atoms with van der Waals surface area (Å²) in [7, 11) is 4.64. The third kappa shape index (κ3) is 3.39. The average Bonchev–Trinajstić information content (AvgIpc) is 2.86. The molecule has 2 heterocycles. The molecule has 0 radical (unpaired) electrons. The smallest absolute Gasteiger partial charge is 0.0144 e. The highest BCUT2D eigenvalue weighted by Crippen LogP contribution is 2.43.